The van der Waals surface area contributed by atoms with Crippen LogP contribution in [0.1, 0.15) is 13.3 Å². The molecule has 0 aromatic rings. The average Bonchev–Trinajstić information content (AvgIpc) is 2.31. The van der Waals surface area contributed by atoms with E-state index in [1.54, 1.807) is 4.90 Å². The summed E-state index contributed by atoms with van der Waals surface area (Å²) in [6, 6.07) is 0.0661. The zero-order chi connectivity index (χ0) is 10.6. The quantitative estimate of drug-likeness (QED) is 0.570. The van der Waals surface area contributed by atoms with Crippen molar-refractivity contribution >= 4 is 11.8 Å². The lowest BCUT2D eigenvalue weighted by Gasteiger charge is -2.26. The van der Waals surface area contributed by atoms with Crippen LogP contribution in [0.15, 0.2) is 0 Å². The van der Waals surface area contributed by atoms with Gasteiger partial charge in [0.15, 0.2) is 0 Å². The molecule has 1 fully saturated rings. The van der Waals surface area contributed by atoms with Gasteiger partial charge in [0.2, 0.25) is 0 Å². The van der Waals surface area contributed by atoms with Gasteiger partial charge in [-0.05, 0) is 20.4 Å². The Morgan fingerprint density at radius 3 is 2.93 bits per heavy atom. The number of hydrogen-bond acceptors (Lipinski definition) is 3. The molecule has 80 valence electrons. The van der Waals surface area contributed by atoms with Gasteiger partial charge in [0.05, 0.1) is 0 Å². The summed E-state index contributed by atoms with van der Waals surface area (Å²) in [5.74, 6) is -0.893. The Morgan fingerprint density at radius 2 is 2.29 bits per heavy atom. The third kappa shape index (κ3) is 2.45. The molecule has 0 aromatic carbocycles. The van der Waals surface area contributed by atoms with Gasteiger partial charge in [0, 0.05) is 25.7 Å². The van der Waals surface area contributed by atoms with Gasteiger partial charge in [-0.1, -0.05) is 0 Å². The van der Waals surface area contributed by atoms with Crippen molar-refractivity contribution < 1.29 is 9.59 Å². The van der Waals surface area contributed by atoms with Gasteiger partial charge in [-0.15, -0.1) is 0 Å². The summed E-state index contributed by atoms with van der Waals surface area (Å²) in [5.41, 5.74) is 0. The van der Waals surface area contributed by atoms with Crippen LogP contribution in [-0.2, 0) is 9.59 Å². The molecule has 5 heteroatoms. The third-order valence-corrected chi connectivity index (χ3v) is 2.35. The number of carbonyl (C=O) groups excluding carboxylic acids is 2. The summed E-state index contributed by atoms with van der Waals surface area (Å²) in [6.45, 7) is 3.89. The van der Waals surface area contributed by atoms with E-state index in [9.17, 15) is 9.59 Å². The predicted molar refractivity (Wildman–Crippen MR) is 52.7 cm³/mol. The summed E-state index contributed by atoms with van der Waals surface area (Å²) >= 11 is 0. The summed E-state index contributed by atoms with van der Waals surface area (Å²) in [7, 11) is 1.83. The Kier molecular flexibility index (Phi) is 3.88. The Bertz CT molecular complexity index is 230. The first kappa shape index (κ1) is 11.0. The lowest BCUT2D eigenvalue weighted by atomic mass is 10.2. The SMILES string of the molecule is CNCC(C)N1CCCNC(=O)C1=O. The van der Waals surface area contributed by atoms with Gasteiger partial charge >= 0.3 is 11.8 Å². The topological polar surface area (TPSA) is 61.4 Å². The maximum atomic E-state index is 11.5. The van der Waals surface area contributed by atoms with Crippen LogP contribution < -0.4 is 10.6 Å². The summed E-state index contributed by atoms with van der Waals surface area (Å²) in [4.78, 5) is 24.4. The van der Waals surface area contributed by atoms with E-state index in [0.29, 0.717) is 19.6 Å². The molecule has 2 amide bonds. The minimum Gasteiger partial charge on any atom is -0.348 e. The summed E-state index contributed by atoms with van der Waals surface area (Å²) in [6.07, 6.45) is 0.825. The number of amides is 2. The van der Waals surface area contributed by atoms with Crippen molar-refractivity contribution in [2.24, 2.45) is 0 Å². The van der Waals surface area contributed by atoms with Crippen LogP contribution in [0.4, 0.5) is 0 Å². The number of nitrogens with one attached hydrogen (secondary N) is 2. The Balaban J connectivity index is 2.64. The van der Waals surface area contributed by atoms with E-state index in [1.165, 1.54) is 0 Å². The van der Waals surface area contributed by atoms with E-state index in [-0.39, 0.29) is 6.04 Å². The van der Waals surface area contributed by atoms with Crippen molar-refractivity contribution in [3.05, 3.63) is 0 Å². The summed E-state index contributed by atoms with van der Waals surface area (Å²) < 4.78 is 0. The highest BCUT2D eigenvalue weighted by molar-refractivity contribution is 6.35. The average molecular weight is 199 g/mol. The molecule has 14 heavy (non-hydrogen) atoms. The molecule has 0 aliphatic carbocycles. The number of likely N-dealkylation sites (N-methyl/N-ethyl adjacent to an activating group) is 1. The zero-order valence-electron chi connectivity index (χ0n) is 8.67. The monoisotopic (exact) mass is 199 g/mol. The standard InChI is InChI=1S/C9H17N3O2/c1-7(6-10-2)12-5-3-4-11-8(13)9(12)14/h7,10H,3-6H2,1-2H3,(H,11,13). The van der Waals surface area contributed by atoms with E-state index < -0.39 is 11.8 Å². The summed E-state index contributed by atoms with van der Waals surface area (Å²) in [5, 5.41) is 5.57. The van der Waals surface area contributed by atoms with Gasteiger partial charge in [0.25, 0.3) is 0 Å². The van der Waals surface area contributed by atoms with Crippen molar-refractivity contribution in [2.45, 2.75) is 19.4 Å². The highest BCUT2D eigenvalue weighted by atomic mass is 16.2. The van der Waals surface area contributed by atoms with Crippen molar-refractivity contribution in [3.63, 3.8) is 0 Å². The molecule has 0 saturated carbocycles. The molecule has 1 atom stereocenters. The lowest BCUT2D eigenvalue weighted by Crippen LogP contribution is -2.47. The van der Waals surface area contributed by atoms with Crippen molar-refractivity contribution in [3.8, 4) is 0 Å². The zero-order valence-corrected chi connectivity index (χ0v) is 8.67. The van der Waals surface area contributed by atoms with Crippen LogP contribution in [0.3, 0.4) is 0 Å². The Morgan fingerprint density at radius 1 is 1.57 bits per heavy atom. The van der Waals surface area contributed by atoms with Gasteiger partial charge < -0.3 is 15.5 Å². The molecule has 1 unspecified atom stereocenters. The highest BCUT2D eigenvalue weighted by Crippen LogP contribution is 2.03. The number of carbonyl (C=O) groups is 2. The van der Waals surface area contributed by atoms with Crippen LogP contribution in [0.5, 0.6) is 0 Å². The first-order chi connectivity index (χ1) is 6.66. The van der Waals surface area contributed by atoms with Crippen LogP contribution in [-0.4, -0.2) is 49.4 Å². The maximum Gasteiger partial charge on any atom is 0.312 e. The van der Waals surface area contributed by atoms with E-state index >= 15 is 0 Å². The van der Waals surface area contributed by atoms with E-state index in [2.05, 4.69) is 10.6 Å². The molecule has 1 saturated heterocycles. The van der Waals surface area contributed by atoms with Crippen molar-refractivity contribution in [1.82, 2.24) is 15.5 Å². The molecule has 0 radical (unpaired) electrons. The van der Waals surface area contributed by atoms with Crippen LogP contribution in [0.2, 0.25) is 0 Å². The number of rotatable bonds is 3. The van der Waals surface area contributed by atoms with Crippen LogP contribution in [0, 0.1) is 0 Å². The molecule has 0 aromatic heterocycles. The van der Waals surface area contributed by atoms with E-state index in [4.69, 9.17) is 0 Å². The lowest BCUT2D eigenvalue weighted by molar-refractivity contribution is -0.146. The molecule has 0 spiro atoms. The van der Waals surface area contributed by atoms with Crippen molar-refractivity contribution in [1.29, 1.82) is 0 Å². The number of hydrogen-bond donors (Lipinski definition) is 2. The minimum absolute atomic E-state index is 0.0661. The number of nitrogens with zero attached hydrogens (tertiary/aromatic N) is 1. The van der Waals surface area contributed by atoms with Crippen LogP contribution >= 0.6 is 0 Å². The fraction of sp³-hybridized carbons (Fsp3) is 0.778. The Labute approximate surface area is 83.8 Å². The molecule has 1 heterocycles. The molecule has 1 aliphatic rings. The molecule has 5 nitrogen and oxygen atoms in total. The van der Waals surface area contributed by atoms with Crippen molar-refractivity contribution in [2.75, 3.05) is 26.7 Å². The Hall–Kier alpha value is -1.10. The molecule has 1 rings (SSSR count). The normalized spacial score (nSPS) is 20.3. The van der Waals surface area contributed by atoms with Gasteiger partial charge in [0.1, 0.15) is 0 Å². The second kappa shape index (κ2) is 4.95. The molecule has 1 aliphatic heterocycles. The second-order valence-corrected chi connectivity index (χ2v) is 3.51. The highest BCUT2D eigenvalue weighted by Gasteiger charge is 2.27. The first-order valence-corrected chi connectivity index (χ1v) is 4.90. The smallest absolute Gasteiger partial charge is 0.312 e. The molecule has 0 bridgehead atoms. The molecular weight excluding hydrogens is 182 g/mol. The second-order valence-electron chi connectivity index (χ2n) is 3.51. The predicted octanol–water partition coefficient (Wildman–Crippen LogP) is -1.06. The minimum atomic E-state index is -0.481. The fourth-order valence-electron chi connectivity index (χ4n) is 1.59. The third-order valence-electron chi connectivity index (χ3n) is 2.35. The van der Waals surface area contributed by atoms with Crippen LogP contribution in [0.25, 0.3) is 0 Å². The maximum absolute atomic E-state index is 11.5. The fourth-order valence-corrected chi connectivity index (χ4v) is 1.59. The molecule has 2 N–H and O–H groups in total. The van der Waals surface area contributed by atoms with E-state index in [0.717, 1.165) is 6.42 Å². The first-order valence-electron chi connectivity index (χ1n) is 4.90. The van der Waals surface area contributed by atoms with Gasteiger partial charge in [-0.2, -0.15) is 0 Å². The van der Waals surface area contributed by atoms with E-state index in [1.807, 2.05) is 14.0 Å². The largest absolute Gasteiger partial charge is 0.348 e. The van der Waals surface area contributed by atoms with Gasteiger partial charge in [-0.3, -0.25) is 9.59 Å². The molecular formula is C9H17N3O2. The van der Waals surface area contributed by atoms with Gasteiger partial charge in [-0.25, -0.2) is 0 Å².